The molecule has 0 saturated carbocycles. The summed E-state index contributed by atoms with van der Waals surface area (Å²) in [5.41, 5.74) is 3.54. The van der Waals surface area contributed by atoms with E-state index in [2.05, 4.69) is 29.0 Å². The van der Waals surface area contributed by atoms with Gasteiger partial charge in [0.05, 0.1) is 5.39 Å². The monoisotopic (exact) mass is 308 g/mol. The minimum atomic E-state index is -0.00621. The van der Waals surface area contributed by atoms with Crippen LogP contribution >= 0.6 is 11.3 Å². The molecular formula is C18H16N2OS. The van der Waals surface area contributed by atoms with Crippen LogP contribution < -0.4 is 5.56 Å². The van der Waals surface area contributed by atoms with Gasteiger partial charge in [-0.05, 0) is 43.4 Å². The molecule has 1 aliphatic rings. The average molecular weight is 308 g/mol. The first kappa shape index (κ1) is 13.5. The molecule has 0 spiro atoms. The quantitative estimate of drug-likeness (QED) is 0.779. The molecule has 110 valence electrons. The highest BCUT2D eigenvalue weighted by molar-refractivity contribution is 7.18. The van der Waals surface area contributed by atoms with Crippen molar-refractivity contribution in [1.29, 1.82) is 0 Å². The molecule has 4 heteroatoms. The summed E-state index contributed by atoms with van der Waals surface area (Å²) in [6.07, 6.45) is 7.12. The Morgan fingerprint density at radius 2 is 2.18 bits per heavy atom. The molecule has 3 aromatic rings. The maximum Gasteiger partial charge on any atom is 0.260 e. The normalized spacial score (nSPS) is 14.0. The van der Waals surface area contributed by atoms with Gasteiger partial charge in [-0.25, -0.2) is 4.98 Å². The molecule has 2 heterocycles. The summed E-state index contributed by atoms with van der Waals surface area (Å²) in [5.74, 6) is 0.624. The topological polar surface area (TPSA) is 45.8 Å². The predicted molar refractivity (Wildman–Crippen MR) is 92.4 cm³/mol. The van der Waals surface area contributed by atoms with Crippen LogP contribution in [0.5, 0.6) is 0 Å². The maximum atomic E-state index is 12.4. The van der Waals surface area contributed by atoms with Crippen LogP contribution in [-0.2, 0) is 12.8 Å². The number of nitrogens with zero attached hydrogens (tertiary/aromatic N) is 1. The first-order valence-electron chi connectivity index (χ1n) is 7.50. The van der Waals surface area contributed by atoms with Crippen LogP contribution in [0.4, 0.5) is 0 Å². The van der Waals surface area contributed by atoms with Gasteiger partial charge in [0.15, 0.2) is 0 Å². The van der Waals surface area contributed by atoms with E-state index >= 15 is 0 Å². The summed E-state index contributed by atoms with van der Waals surface area (Å²) in [6, 6.07) is 8.24. The third kappa shape index (κ3) is 2.29. The van der Waals surface area contributed by atoms with Crippen molar-refractivity contribution in [3.8, 4) is 0 Å². The van der Waals surface area contributed by atoms with Gasteiger partial charge < -0.3 is 4.98 Å². The molecule has 4 rings (SSSR count). The standard InChI is InChI=1S/C18H16N2OS/c1-11-4-2-5-12(10-11)8-9-15-19-17(21)16-13-6-3-7-14(13)22-18(16)20-15/h2,4-5,8-10H,3,6-7H2,1H3,(H,19,20,21)/b9-8+. The Balaban J connectivity index is 1.75. The molecule has 0 bridgehead atoms. The second-order valence-electron chi connectivity index (χ2n) is 5.74. The van der Waals surface area contributed by atoms with Gasteiger partial charge in [-0.2, -0.15) is 0 Å². The number of benzene rings is 1. The largest absolute Gasteiger partial charge is 0.306 e. The second kappa shape index (κ2) is 5.21. The van der Waals surface area contributed by atoms with E-state index in [0.717, 1.165) is 35.0 Å². The van der Waals surface area contributed by atoms with E-state index in [4.69, 9.17) is 0 Å². The number of hydrogen-bond donors (Lipinski definition) is 1. The lowest BCUT2D eigenvalue weighted by Crippen LogP contribution is -2.09. The number of hydrogen-bond acceptors (Lipinski definition) is 3. The molecule has 0 saturated heterocycles. The molecule has 1 aliphatic carbocycles. The fourth-order valence-electron chi connectivity index (χ4n) is 3.05. The van der Waals surface area contributed by atoms with Gasteiger partial charge >= 0.3 is 0 Å². The Morgan fingerprint density at radius 1 is 1.27 bits per heavy atom. The van der Waals surface area contributed by atoms with Gasteiger partial charge in [0.25, 0.3) is 5.56 Å². The zero-order valence-electron chi connectivity index (χ0n) is 12.3. The summed E-state index contributed by atoms with van der Waals surface area (Å²) in [5, 5.41) is 0.810. The fraction of sp³-hybridized carbons (Fsp3) is 0.222. The van der Waals surface area contributed by atoms with Gasteiger partial charge in [0.1, 0.15) is 10.7 Å². The molecule has 2 aromatic heterocycles. The second-order valence-corrected chi connectivity index (χ2v) is 6.82. The molecule has 1 N–H and O–H groups in total. The minimum absolute atomic E-state index is 0.00621. The van der Waals surface area contributed by atoms with Gasteiger partial charge in [0.2, 0.25) is 0 Å². The van der Waals surface area contributed by atoms with Crippen LogP contribution in [0.1, 0.15) is 33.8 Å². The first-order chi connectivity index (χ1) is 10.7. The number of aromatic nitrogens is 2. The van der Waals surface area contributed by atoms with Crippen molar-refractivity contribution in [3.05, 3.63) is 62.0 Å². The molecule has 0 atom stereocenters. The number of rotatable bonds is 2. The Bertz CT molecular complexity index is 949. The van der Waals surface area contributed by atoms with Gasteiger partial charge in [0, 0.05) is 4.88 Å². The van der Waals surface area contributed by atoms with Crippen LogP contribution in [0.2, 0.25) is 0 Å². The SMILES string of the molecule is Cc1cccc(/C=C/c2nc3sc4c(c3c(=O)[nH]2)CCC4)c1. The summed E-state index contributed by atoms with van der Waals surface area (Å²) in [7, 11) is 0. The number of aryl methyl sites for hydroxylation is 3. The molecule has 0 unspecified atom stereocenters. The highest BCUT2D eigenvalue weighted by Crippen LogP contribution is 2.34. The van der Waals surface area contributed by atoms with Crippen LogP contribution in [0.15, 0.2) is 29.1 Å². The van der Waals surface area contributed by atoms with E-state index in [1.165, 1.54) is 16.0 Å². The third-order valence-corrected chi connectivity index (χ3v) is 5.25. The van der Waals surface area contributed by atoms with Crippen molar-refractivity contribution in [1.82, 2.24) is 9.97 Å². The molecule has 0 fully saturated rings. The Labute approximate surface area is 132 Å². The van der Waals surface area contributed by atoms with Crippen molar-refractivity contribution in [2.75, 3.05) is 0 Å². The van der Waals surface area contributed by atoms with Gasteiger partial charge in [-0.15, -0.1) is 11.3 Å². The van der Waals surface area contributed by atoms with E-state index in [-0.39, 0.29) is 5.56 Å². The smallest absolute Gasteiger partial charge is 0.260 e. The summed E-state index contributed by atoms with van der Waals surface area (Å²) >= 11 is 1.67. The van der Waals surface area contributed by atoms with E-state index in [9.17, 15) is 4.79 Å². The third-order valence-electron chi connectivity index (χ3n) is 4.07. The zero-order valence-corrected chi connectivity index (χ0v) is 13.2. The van der Waals surface area contributed by atoms with E-state index < -0.39 is 0 Å². The Morgan fingerprint density at radius 3 is 3.05 bits per heavy atom. The Kier molecular flexibility index (Phi) is 3.19. The number of H-pyrrole nitrogens is 1. The van der Waals surface area contributed by atoms with Crippen LogP contribution in [0.25, 0.3) is 22.4 Å². The highest BCUT2D eigenvalue weighted by atomic mass is 32.1. The van der Waals surface area contributed by atoms with Gasteiger partial charge in [-0.1, -0.05) is 35.9 Å². The minimum Gasteiger partial charge on any atom is -0.306 e. The summed E-state index contributed by atoms with van der Waals surface area (Å²) < 4.78 is 0. The van der Waals surface area contributed by atoms with Gasteiger partial charge in [-0.3, -0.25) is 4.79 Å². The van der Waals surface area contributed by atoms with Crippen molar-refractivity contribution in [3.63, 3.8) is 0 Å². The number of thiophene rings is 1. The predicted octanol–water partition coefficient (Wildman–Crippen LogP) is 3.95. The Hall–Kier alpha value is -2.20. The number of aromatic amines is 1. The highest BCUT2D eigenvalue weighted by Gasteiger charge is 2.20. The van der Waals surface area contributed by atoms with E-state index in [1.807, 2.05) is 24.3 Å². The molecule has 1 aromatic carbocycles. The maximum absolute atomic E-state index is 12.4. The number of nitrogens with one attached hydrogen (secondary N) is 1. The average Bonchev–Trinajstić information content (AvgIpc) is 3.05. The molecule has 3 nitrogen and oxygen atoms in total. The fourth-order valence-corrected chi connectivity index (χ4v) is 4.32. The first-order valence-corrected chi connectivity index (χ1v) is 8.32. The molecule has 0 aliphatic heterocycles. The van der Waals surface area contributed by atoms with Crippen LogP contribution in [0, 0.1) is 6.92 Å². The molecule has 0 amide bonds. The zero-order chi connectivity index (χ0) is 15.1. The van der Waals surface area contributed by atoms with Crippen LogP contribution in [0.3, 0.4) is 0 Å². The van der Waals surface area contributed by atoms with E-state index in [0.29, 0.717) is 5.82 Å². The van der Waals surface area contributed by atoms with Crippen LogP contribution in [-0.4, -0.2) is 9.97 Å². The van der Waals surface area contributed by atoms with Crippen molar-refractivity contribution in [2.45, 2.75) is 26.2 Å². The molecule has 22 heavy (non-hydrogen) atoms. The number of fused-ring (bicyclic) bond motifs is 3. The summed E-state index contributed by atoms with van der Waals surface area (Å²) in [6.45, 7) is 2.07. The van der Waals surface area contributed by atoms with Crippen molar-refractivity contribution < 1.29 is 0 Å². The summed E-state index contributed by atoms with van der Waals surface area (Å²) in [4.78, 5) is 22.1. The lowest BCUT2D eigenvalue weighted by atomic mass is 10.1. The van der Waals surface area contributed by atoms with E-state index in [1.54, 1.807) is 11.3 Å². The van der Waals surface area contributed by atoms with Crippen molar-refractivity contribution >= 4 is 33.7 Å². The molecule has 0 radical (unpaired) electrons. The lowest BCUT2D eigenvalue weighted by Gasteiger charge is -1.98. The van der Waals surface area contributed by atoms with Crippen molar-refractivity contribution in [2.24, 2.45) is 0 Å². The lowest BCUT2D eigenvalue weighted by molar-refractivity contribution is 0.916. The molecular weight excluding hydrogens is 292 g/mol.